The van der Waals surface area contributed by atoms with Crippen molar-refractivity contribution in [2.45, 2.75) is 13.8 Å². The van der Waals surface area contributed by atoms with Crippen molar-refractivity contribution >= 4 is 51.4 Å². The van der Waals surface area contributed by atoms with Crippen LogP contribution in [0.3, 0.4) is 0 Å². The largest absolute Gasteiger partial charge is 0.494 e. The van der Waals surface area contributed by atoms with Crippen molar-refractivity contribution in [3.8, 4) is 5.75 Å². The third kappa shape index (κ3) is 5.69. The fourth-order valence-electron chi connectivity index (χ4n) is 2.44. The Balaban J connectivity index is 1.62. The number of benzene rings is 2. The summed E-state index contributed by atoms with van der Waals surface area (Å²) in [6, 6.07) is 13.4. The highest BCUT2D eigenvalue weighted by atomic mass is 35.5. The van der Waals surface area contributed by atoms with Gasteiger partial charge in [0.15, 0.2) is 5.13 Å². The van der Waals surface area contributed by atoms with Gasteiger partial charge in [-0.2, -0.15) is 0 Å². The minimum atomic E-state index is -0.459. The van der Waals surface area contributed by atoms with Crippen LogP contribution in [0.25, 0.3) is 0 Å². The first kappa shape index (κ1) is 20.6. The smallest absolute Gasteiger partial charge is 0.325 e. The summed E-state index contributed by atoms with van der Waals surface area (Å²) in [5.41, 5.74) is 1.76. The molecule has 0 atom stereocenters. The topological polar surface area (TPSA) is 92.4 Å². The molecule has 0 unspecified atom stereocenters. The fraction of sp³-hybridized carbons (Fsp3) is 0.150. The van der Waals surface area contributed by atoms with E-state index in [-0.39, 0.29) is 5.91 Å². The number of aromatic nitrogens is 1. The summed E-state index contributed by atoms with van der Waals surface area (Å²) in [5, 5.41) is 9.03. The van der Waals surface area contributed by atoms with Crippen molar-refractivity contribution in [2.75, 3.05) is 22.6 Å². The molecule has 0 bridgehead atoms. The van der Waals surface area contributed by atoms with Crippen LogP contribution in [0.5, 0.6) is 5.75 Å². The summed E-state index contributed by atoms with van der Waals surface area (Å²) in [4.78, 5) is 29.4. The Morgan fingerprint density at radius 2 is 1.62 bits per heavy atom. The maximum absolute atomic E-state index is 12.6. The van der Waals surface area contributed by atoms with E-state index in [1.165, 1.54) is 0 Å². The Morgan fingerprint density at radius 1 is 1.00 bits per heavy atom. The Labute approximate surface area is 177 Å². The number of rotatable bonds is 6. The molecule has 0 aliphatic carbocycles. The Kier molecular flexibility index (Phi) is 6.69. The average Bonchev–Trinajstić information content (AvgIpc) is 3.05. The van der Waals surface area contributed by atoms with Crippen molar-refractivity contribution in [1.29, 1.82) is 0 Å². The molecule has 7 nitrogen and oxygen atoms in total. The second-order valence-electron chi connectivity index (χ2n) is 5.93. The molecule has 0 aliphatic heterocycles. The van der Waals surface area contributed by atoms with Gasteiger partial charge in [-0.1, -0.05) is 22.9 Å². The monoisotopic (exact) mass is 430 g/mol. The molecule has 0 saturated carbocycles. The number of nitrogens with zero attached hydrogens (tertiary/aromatic N) is 1. The van der Waals surface area contributed by atoms with Crippen LogP contribution in [0.2, 0.25) is 5.02 Å². The van der Waals surface area contributed by atoms with E-state index in [2.05, 4.69) is 20.9 Å². The Bertz CT molecular complexity index is 1000. The normalized spacial score (nSPS) is 10.3. The lowest BCUT2D eigenvalue weighted by molar-refractivity contribution is 0.102. The summed E-state index contributed by atoms with van der Waals surface area (Å²) in [6.07, 6.45) is 0. The molecule has 0 spiro atoms. The maximum Gasteiger partial charge on any atom is 0.325 e. The van der Waals surface area contributed by atoms with E-state index in [1.807, 2.05) is 6.92 Å². The molecule has 1 heterocycles. The third-order valence-electron chi connectivity index (χ3n) is 3.75. The van der Waals surface area contributed by atoms with Gasteiger partial charge < -0.3 is 15.4 Å². The molecule has 3 amide bonds. The van der Waals surface area contributed by atoms with Gasteiger partial charge in [0.25, 0.3) is 5.91 Å². The van der Waals surface area contributed by atoms with E-state index < -0.39 is 6.03 Å². The molecule has 3 N–H and O–H groups in total. The number of ether oxygens (including phenoxy) is 1. The van der Waals surface area contributed by atoms with Crippen LogP contribution in [0, 0.1) is 6.92 Å². The quantitative estimate of drug-likeness (QED) is 0.488. The van der Waals surface area contributed by atoms with Gasteiger partial charge in [-0.3, -0.25) is 10.1 Å². The molecule has 0 radical (unpaired) electrons. The number of nitrogens with one attached hydrogen (secondary N) is 3. The molecule has 2 aromatic carbocycles. The molecule has 0 saturated heterocycles. The third-order valence-corrected chi connectivity index (χ3v) is 5.07. The number of anilines is 3. The molecular formula is C20H19ClN4O3S. The zero-order valence-electron chi connectivity index (χ0n) is 15.8. The van der Waals surface area contributed by atoms with E-state index >= 15 is 0 Å². The van der Waals surface area contributed by atoms with Crippen LogP contribution in [-0.2, 0) is 0 Å². The second kappa shape index (κ2) is 9.40. The van der Waals surface area contributed by atoms with Gasteiger partial charge >= 0.3 is 6.03 Å². The van der Waals surface area contributed by atoms with Crippen molar-refractivity contribution in [3.05, 3.63) is 64.1 Å². The van der Waals surface area contributed by atoms with Crippen molar-refractivity contribution in [3.63, 3.8) is 0 Å². The van der Waals surface area contributed by atoms with Crippen LogP contribution >= 0.6 is 22.9 Å². The SMILES string of the molecule is CCOc1ccc(NC(=O)c2sc(NC(=O)Nc3ccc(Cl)cc3)nc2C)cc1. The van der Waals surface area contributed by atoms with Crippen molar-refractivity contribution < 1.29 is 14.3 Å². The van der Waals surface area contributed by atoms with E-state index in [9.17, 15) is 9.59 Å². The minimum Gasteiger partial charge on any atom is -0.494 e. The molecule has 0 fully saturated rings. The highest BCUT2D eigenvalue weighted by Gasteiger charge is 2.17. The van der Waals surface area contributed by atoms with Crippen LogP contribution < -0.4 is 20.7 Å². The van der Waals surface area contributed by atoms with Gasteiger partial charge in [0, 0.05) is 16.4 Å². The molecule has 9 heteroatoms. The van der Waals surface area contributed by atoms with Crippen LogP contribution in [0.15, 0.2) is 48.5 Å². The van der Waals surface area contributed by atoms with Gasteiger partial charge in [0.2, 0.25) is 0 Å². The maximum atomic E-state index is 12.6. The number of urea groups is 1. The summed E-state index contributed by atoms with van der Waals surface area (Å²) < 4.78 is 5.38. The molecule has 0 aliphatic rings. The number of amides is 3. The molecule has 1 aromatic heterocycles. The van der Waals surface area contributed by atoms with Crippen LogP contribution in [0.4, 0.5) is 21.3 Å². The van der Waals surface area contributed by atoms with Crippen LogP contribution in [-0.4, -0.2) is 23.5 Å². The van der Waals surface area contributed by atoms with Crippen LogP contribution in [0.1, 0.15) is 22.3 Å². The minimum absolute atomic E-state index is 0.296. The van der Waals surface area contributed by atoms with E-state index in [0.717, 1.165) is 17.1 Å². The first-order valence-corrected chi connectivity index (χ1v) is 9.99. The zero-order valence-corrected chi connectivity index (χ0v) is 17.4. The lowest BCUT2D eigenvalue weighted by Gasteiger charge is -2.06. The standard InChI is InChI=1S/C20H19ClN4O3S/c1-3-28-16-10-8-14(9-11-16)23-18(26)17-12(2)22-20(29-17)25-19(27)24-15-6-4-13(21)5-7-15/h4-11H,3H2,1-2H3,(H,23,26)(H2,22,24,25,27). The summed E-state index contributed by atoms with van der Waals surface area (Å²) in [6.45, 7) is 4.20. The summed E-state index contributed by atoms with van der Waals surface area (Å²) in [7, 11) is 0. The van der Waals surface area contributed by atoms with Gasteiger partial charge in [-0.25, -0.2) is 9.78 Å². The fourth-order valence-corrected chi connectivity index (χ4v) is 3.42. The molecule has 3 aromatic rings. The highest BCUT2D eigenvalue weighted by Crippen LogP contribution is 2.25. The summed E-state index contributed by atoms with van der Waals surface area (Å²) >= 11 is 6.93. The van der Waals surface area contributed by atoms with E-state index in [1.54, 1.807) is 55.5 Å². The summed E-state index contributed by atoms with van der Waals surface area (Å²) in [5.74, 6) is 0.438. The highest BCUT2D eigenvalue weighted by molar-refractivity contribution is 7.17. The number of carbonyl (C=O) groups excluding carboxylic acids is 2. The average molecular weight is 431 g/mol. The molecule has 150 valence electrons. The number of aryl methyl sites for hydroxylation is 1. The van der Waals surface area contributed by atoms with Crippen molar-refractivity contribution in [2.24, 2.45) is 0 Å². The Morgan fingerprint density at radius 3 is 2.28 bits per heavy atom. The first-order valence-electron chi connectivity index (χ1n) is 8.80. The van der Waals surface area contributed by atoms with Gasteiger partial charge in [-0.05, 0) is 62.4 Å². The number of carbonyl (C=O) groups is 2. The van der Waals surface area contributed by atoms with E-state index in [0.29, 0.717) is 38.7 Å². The van der Waals surface area contributed by atoms with Gasteiger partial charge in [-0.15, -0.1) is 0 Å². The molecule has 29 heavy (non-hydrogen) atoms. The predicted octanol–water partition coefficient (Wildman–Crippen LogP) is 5.40. The zero-order chi connectivity index (χ0) is 20.8. The number of halogens is 1. The first-order chi connectivity index (χ1) is 13.9. The van der Waals surface area contributed by atoms with Gasteiger partial charge in [0.05, 0.1) is 12.3 Å². The molecular weight excluding hydrogens is 412 g/mol. The number of thiazole rings is 1. The number of hydrogen-bond acceptors (Lipinski definition) is 5. The number of hydrogen-bond donors (Lipinski definition) is 3. The van der Waals surface area contributed by atoms with Gasteiger partial charge in [0.1, 0.15) is 10.6 Å². The second-order valence-corrected chi connectivity index (χ2v) is 7.37. The van der Waals surface area contributed by atoms with E-state index in [4.69, 9.17) is 16.3 Å². The Hall–Kier alpha value is -3.10. The molecule has 3 rings (SSSR count). The van der Waals surface area contributed by atoms with Crippen molar-refractivity contribution in [1.82, 2.24) is 4.98 Å². The lowest BCUT2D eigenvalue weighted by Crippen LogP contribution is -2.19. The predicted molar refractivity (Wildman–Crippen MR) is 117 cm³/mol. The lowest BCUT2D eigenvalue weighted by atomic mass is 10.3.